The lowest BCUT2D eigenvalue weighted by Crippen LogP contribution is -2.03. The Morgan fingerprint density at radius 2 is 2.00 bits per heavy atom. The summed E-state index contributed by atoms with van der Waals surface area (Å²) < 4.78 is 5.66. The van der Waals surface area contributed by atoms with E-state index in [2.05, 4.69) is 0 Å². The molecule has 0 aliphatic carbocycles. The first-order valence-corrected chi connectivity index (χ1v) is 7.43. The zero-order valence-electron chi connectivity index (χ0n) is 11.6. The molecular weight excluding hydrogens is 272 g/mol. The van der Waals surface area contributed by atoms with Crippen LogP contribution in [0.4, 0.5) is 0 Å². The molecule has 0 radical (unpaired) electrons. The summed E-state index contributed by atoms with van der Waals surface area (Å²) in [5.41, 5.74) is 1.18. The van der Waals surface area contributed by atoms with Gasteiger partial charge in [-0.05, 0) is 17.5 Å². The second-order valence-electron chi connectivity index (χ2n) is 4.89. The Bertz CT molecular complexity index is 573. The number of benzene rings is 1. The van der Waals surface area contributed by atoms with Gasteiger partial charge < -0.3 is 9.84 Å². The molecule has 0 saturated heterocycles. The molecule has 1 aromatic carbocycles. The van der Waals surface area contributed by atoms with E-state index in [1.807, 2.05) is 50.2 Å². The first-order valence-electron chi connectivity index (χ1n) is 6.61. The second-order valence-corrected chi connectivity index (χ2v) is 5.97. The summed E-state index contributed by atoms with van der Waals surface area (Å²) in [6.07, 6.45) is 0.771. The van der Waals surface area contributed by atoms with Crippen molar-refractivity contribution in [2.75, 3.05) is 6.61 Å². The fourth-order valence-electron chi connectivity index (χ4n) is 1.86. The van der Waals surface area contributed by atoms with Crippen molar-refractivity contribution in [3.05, 3.63) is 51.7 Å². The lowest BCUT2D eigenvalue weighted by molar-refractivity contribution is 0.0698. The quantitative estimate of drug-likeness (QED) is 0.867. The van der Waals surface area contributed by atoms with E-state index in [0.717, 1.165) is 11.3 Å². The Labute approximate surface area is 122 Å². The third-order valence-electron chi connectivity index (χ3n) is 2.97. The van der Waals surface area contributed by atoms with E-state index in [9.17, 15) is 9.90 Å². The Morgan fingerprint density at radius 1 is 1.30 bits per heavy atom. The molecule has 1 N–H and O–H groups in total. The summed E-state index contributed by atoms with van der Waals surface area (Å²) in [6.45, 7) is 4.58. The molecule has 0 unspecified atom stereocenters. The first-order chi connectivity index (χ1) is 9.58. The van der Waals surface area contributed by atoms with Gasteiger partial charge in [-0.25, -0.2) is 4.79 Å². The van der Waals surface area contributed by atoms with Gasteiger partial charge in [0, 0.05) is 11.3 Å². The van der Waals surface area contributed by atoms with Crippen LogP contribution in [-0.4, -0.2) is 17.7 Å². The number of hydrogen-bond donors (Lipinski definition) is 1. The van der Waals surface area contributed by atoms with E-state index < -0.39 is 5.97 Å². The Kier molecular flexibility index (Phi) is 4.79. The van der Waals surface area contributed by atoms with Gasteiger partial charge in [-0.3, -0.25) is 0 Å². The summed E-state index contributed by atoms with van der Waals surface area (Å²) in [5, 5.41) is 9.21. The monoisotopic (exact) mass is 290 g/mol. The predicted octanol–water partition coefficient (Wildman–Crippen LogP) is 4.19. The minimum absolute atomic E-state index is 0.293. The summed E-state index contributed by atoms with van der Waals surface area (Å²) in [6, 6.07) is 11.9. The van der Waals surface area contributed by atoms with Crippen LogP contribution in [0.3, 0.4) is 0 Å². The Hall–Kier alpha value is -1.81. The molecule has 4 heteroatoms. The minimum Gasteiger partial charge on any atom is -0.491 e. The van der Waals surface area contributed by atoms with E-state index in [1.54, 1.807) is 0 Å². The molecule has 0 amide bonds. The van der Waals surface area contributed by atoms with Gasteiger partial charge in [-0.1, -0.05) is 44.2 Å². The van der Waals surface area contributed by atoms with E-state index in [1.165, 1.54) is 16.9 Å². The Morgan fingerprint density at radius 3 is 2.60 bits per heavy atom. The number of carbonyl (C=O) groups is 1. The molecule has 0 spiro atoms. The zero-order valence-corrected chi connectivity index (χ0v) is 12.4. The van der Waals surface area contributed by atoms with Crippen molar-refractivity contribution in [2.45, 2.75) is 26.2 Å². The minimum atomic E-state index is -0.920. The van der Waals surface area contributed by atoms with Crippen LogP contribution in [0.15, 0.2) is 36.4 Å². The first kappa shape index (κ1) is 14.6. The fourth-order valence-corrected chi connectivity index (χ4v) is 2.80. The van der Waals surface area contributed by atoms with Crippen LogP contribution < -0.4 is 4.74 Å². The molecule has 0 saturated carbocycles. The summed E-state index contributed by atoms with van der Waals surface area (Å²) in [4.78, 5) is 12.6. The summed E-state index contributed by atoms with van der Waals surface area (Å²) >= 11 is 1.30. The second kappa shape index (κ2) is 6.57. The molecule has 106 valence electrons. The highest BCUT2D eigenvalue weighted by Crippen LogP contribution is 2.33. The summed E-state index contributed by atoms with van der Waals surface area (Å²) in [7, 11) is 0. The molecule has 0 fully saturated rings. The molecule has 1 aromatic heterocycles. The van der Waals surface area contributed by atoms with Crippen LogP contribution in [0.5, 0.6) is 5.75 Å². The highest BCUT2D eigenvalue weighted by molar-refractivity contribution is 7.14. The normalized spacial score (nSPS) is 10.8. The molecule has 3 nitrogen and oxygen atoms in total. The molecule has 0 bridgehead atoms. The zero-order chi connectivity index (χ0) is 14.5. The van der Waals surface area contributed by atoms with Gasteiger partial charge in [0.15, 0.2) is 4.88 Å². The maximum atomic E-state index is 11.2. The van der Waals surface area contributed by atoms with Crippen molar-refractivity contribution >= 4 is 17.3 Å². The molecular formula is C16H18O3S. The average Bonchev–Trinajstić information content (AvgIpc) is 2.84. The van der Waals surface area contributed by atoms with Gasteiger partial charge in [0.25, 0.3) is 0 Å². The van der Waals surface area contributed by atoms with E-state index in [4.69, 9.17) is 4.74 Å². The number of hydrogen-bond acceptors (Lipinski definition) is 3. The van der Waals surface area contributed by atoms with Crippen molar-refractivity contribution in [3.8, 4) is 5.75 Å². The van der Waals surface area contributed by atoms with Crippen LogP contribution in [0, 0.1) is 0 Å². The number of thiophene rings is 1. The van der Waals surface area contributed by atoms with Gasteiger partial charge >= 0.3 is 5.97 Å². The summed E-state index contributed by atoms with van der Waals surface area (Å²) in [5.74, 6) is -0.122. The molecule has 1 heterocycles. The highest BCUT2D eigenvalue weighted by atomic mass is 32.1. The van der Waals surface area contributed by atoms with E-state index >= 15 is 0 Å². The number of carboxylic acid groups (broad SMARTS) is 1. The molecule has 0 aliphatic heterocycles. The number of carboxylic acids is 1. The third-order valence-corrected chi connectivity index (χ3v) is 4.38. The van der Waals surface area contributed by atoms with Gasteiger partial charge in [-0.15, -0.1) is 11.3 Å². The van der Waals surface area contributed by atoms with Crippen molar-refractivity contribution < 1.29 is 14.6 Å². The molecule has 0 atom stereocenters. The standard InChI is InChI=1S/C16H18O3S/c1-11(2)14-10-13(15(20-14)16(17)18)19-9-8-12-6-4-3-5-7-12/h3-7,10-11H,8-9H2,1-2H3,(H,17,18). The van der Waals surface area contributed by atoms with Gasteiger partial charge in [0.1, 0.15) is 5.75 Å². The van der Waals surface area contributed by atoms with Crippen LogP contribution in [-0.2, 0) is 6.42 Å². The van der Waals surface area contributed by atoms with E-state index in [-0.39, 0.29) is 0 Å². The van der Waals surface area contributed by atoms with Crippen molar-refractivity contribution in [1.29, 1.82) is 0 Å². The predicted molar refractivity (Wildman–Crippen MR) is 81.0 cm³/mol. The largest absolute Gasteiger partial charge is 0.491 e. The van der Waals surface area contributed by atoms with Gasteiger partial charge in [0.2, 0.25) is 0 Å². The number of rotatable bonds is 6. The topological polar surface area (TPSA) is 46.5 Å². The van der Waals surface area contributed by atoms with Crippen molar-refractivity contribution in [3.63, 3.8) is 0 Å². The van der Waals surface area contributed by atoms with Crippen molar-refractivity contribution in [2.24, 2.45) is 0 Å². The van der Waals surface area contributed by atoms with Gasteiger partial charge in [0.05, 0.1) is 6.61 Å². The number of ether oxygens (including phenoxy) is 1. The van der Waals surface area contributed by atoms with Crippen LogP contribution in [0.25, 0.3) is 0 Å². The lowest BCUT2D eigenvalue weighted by Gasteiger charge is -2.05. The van der Waals surface area contributed by atoms with E-state index in [0.29, 0.717) is 23.2 Å². The average molecular weight is 290 g/mol. The Balaban J connectivity index is 2.03. The maximum Gasteiger partial charge on any atom is 0.349 e. The van der Waals surface area contributed by atoms with Crippen LogP contribution in [0.1, 0.15) is 39.9 Å². The van der Waals surface area contributed by atoms with Gasteiger partial charge in [-0.2, -0.15) is 0 Å². The molecule has 0 aliphatic rings. The van der Waals surface area contributed by atoms with Crippen molar-refractivity contribution in [1.82, 2.24) is 0 Å². The fraction of sp³-hybridized carbons (Fsp3) is 0.312. The third kappa shape index (κ3) is 3.61. The number of aromatic carboxylic acids is 1. The molecule has 2 aromatic rings. The molecule has 20 heavy (non-hydrogen) atoms. The highest BCUT2D eigenvalue weighted by Gasteiger charge is 2.18. The smallest absolute Gasteiger partial charge is 0.349 e. The van der Waals surface area contributed by atoms with Crippen LogP contribution >= 0.6 is 11.3 Å². The lowest BCUT2D eigenvalue weighted by atomic mass is 10.2. The van der Waals surface area contributed by atoms with Crippen LogP contribution in [0.2, 0.25) is 0 Å². The maximum absolute atomic E-state index is 11.2. The SMILES string of the molecule is CC(C)c1cc(OCCc2ccccc2)c(C(=O)O)s1. The molecule has 2 rings (SSSR count).